The Bertz CT molecular complexity index is 1440. The van der Waals surface area contributed by atoms with E-state index in [1.807, 2.05) is 6.08 Å². The average molecular weight is 1140 g/mol. The molecule has 2 saturated heterocycles. The van der Waals surface area contributed by atoms with Gasteiger partial charge >= 0.3 is 0 Å². The van der Waals surface area contributed by atoms with Gasteiger partial charge in [0.2, 0.25) is 5.91 Å². The van der Waals surface area contributed by atoms with E-state index in [-0.39, 0.29) is 18.9 Å². The Kier molecular flexibility index (Phi) is 48.3. The van der Waals surface area contributed by atoms with Crippen molar-refractivity contribution in [2.24, 2.45) is 0 Å². The summed E-state index contributed by atoms with van der Waals surface area (Å²) in [5.74, 6) is -0.243. The molecular weight excluding hydrogens is 1010 g/mol. The minimum absolute atomic E-state index is 0.243. The lowest BCUT2D eigenvalue weighted by atomic mass is 9.97. The van der Waals surface area contributed by atoms with Gasteiger partial charge in [-0.05, 0) is 32.1 Å². The van der Waals surface area contributed by atoms with Crippen molar-refractivity contribution >= 4 is 5.91 Å². The van der Waals surface area contributed by atoms with E-state index < -0.39 is 86.8 Å². The molecule has 0 saturated carbocycles. The van der Waals surface area contributed by atoms with Gasteiger partial charge in [0.15, 0.2) is 12.6 Å². The van der Waals surface area contributed by atoms with Crippen LogP contribution < -0.4 is 5.32 Å². The van der Waals surface area contributed by atoms with Crippen molar-refractivity contribution in [2.45, 2.75) is 370 Å². The molecule has 80 heavy (non-hydrogen) atoms. The normalized spacial score (nSPS) is 24.3. The zero-order chi connectivity index (χ0) is 58.1. The number of aliphatic hydroxyl groups excluding tert-OH is 8. The van der Waals surface area contributed by atoms with Crippen molar-refractivity contribution in [3.63, 3.8) is 0 Å². The van der Waals surface area contributed by atoms with Gasteiger partial charge in [-0.25, -0.2) is 0 Å². The quantitative estimate of drug-likeness (QED) is 0.0204. The van der Waals surface area contributed by atoms with Crippen LogP contribution in [-0.4, -0.2) is 140 Å². The molecule has 12 atom stereocenters. The first-order valence-electron chi connectivity index (χ1n) is 33.6. The fourth-order valence-corrected chi connectivity index (χ4v) is 11.3. The van der Waals surface area contributed by atoms with Crippen LogP contribution in [0.15, 0.2) is 24.3 Å². The van der Waals surface area contributed by atoms with Crippen molar-refractivity contribution in [1.82, 2.24) is 5.32 Å². The van der Waals surface area contributed by atoms with Gasteiger partial charge in [-0.15, -0.1) is 0 Å². The number of hydrogen-bond donors (Lipinski definition) is 9. The van der Waals surface area contributed by atoms with Gasteiger partial charge in [-0.3, -0.25) is 4.79 Å². The molecule has 0 bridgehead atoms. The monoisotopic (exact) mass is 1140 g/mol. The van der Waals surface area contributed by atoms with E-state index in [1.54, 1.807) is 6.08 Å². The highest BCUT2D eigenvalue weighted by Gasteiger charge is 2.51. The minimum Gasteiger partial charge on any atom is -0.394 e. The van der Waals surface area contributed by atoms with E-state index in [4.69, 9.17) is 18.9 Å². The number of aliphatic hydroxyl groups is 8. The Morgan fingerprint density at radius 2 is 0.800 bits per heavy atom. The Morgan fingerprint density at radius 1 is 0.438 bits per heavy atom. The van der Waals surface area contributed by atoms with Crippen LogP contribution >= 0.6 is 0 Å². The lowest BCUT2D eigenvalue weighted by Gasteiger charge is -2.46. The number of hydrogen-bond acceptors (Lipinski definition) is 13. The summed E-state index contributed by atoms with van der Waals surface area (Å²) >= 11 is 0. The van der Waals surface area contributed by atoms with Gasteiger partial charge in [0.05, 0.1) is 32.0 Å². The highest BCUT2D eigenvalue weighted by atomic mass is 16.7. The van der Waals surface area contributed by atoms with E-state index in [2.05, 4.69) is 31.3 Å². The molecule has 0 aromatic rings. The summed E-state index contributed by atoms with van der Waals surface area (Å²) in [6.45, 7) is 2.83. The van der Waals surface area contributed by atoms with E-state index in [0.29, 0.717) is 12.8 Å². The predicted octanol–water partition coefficient (Wildman–Crippen LogP) is 12.8. The summed E-state index contributed by atoms with van der Waals surface area (Å²) in [5.41, 5.74) is 0. The number of allylic oxidation sites excluding steroid dienone is 3. The van der Waals surface area contributed by atoms with Crippen molar-refractivity contribution in [2.75, 3.05) is 19.8 Å². The molecule has 2 heterocycles. The molecular formula is C66H125NO13. The number of carbonyl (C=O) groups excluding carboxylic acids is 1. The number of unbranched alkanes of at least 4 members (excludes halogenated alkanes) is 40. The maximum absolute atomic E-state index is 13.3. The predicted molar refractivity (Wildman–Crippen MR) is 323 cm³/mol. The fourth-order valence-electron chi connectivity index (χ4n) is 11.3. The molecule has 472 valence electrons. The topological polar surface area (TPSA) is 228 Å². The molecule has 14 heteroatoms. The molecule has 1 amide bonds. The SMILES string of the molecule is CCCCCCCCCCCCCCCCCCCCCCC/C=C/CC/C=C/C(O)C(COC1OC(CO)C(OC2OC(CO)C(O)C(O)C2O)C(O)C1O)NC(=O)CCCCCCCCCCCCCCCCCCCCC. The molecule has 9 N–H and O–H groups in total. The lowest BCUT2D eigenvalue weighted by Crippen LogP contribution is -2.65. The highest BCUT2D eigenvalue weighted by molar-refractivity contribution is 5.76. The molecule has 0 aromatic heterocycles. The zero-order valence-corrected chi connectivity index (χ0v) is 51.1. The second-order valence-corrected chi connectivity index (χ2v) is 24.0. The number of nitrogens with one attached hydrogen (secondary N) is 1. The van der Waals surface area contributed by atoms with Gasteiger partial charge in [0, 0.05) is 6.42 Å². The Hall–Kier alpha value is -1.53. The Balaban J connectivity index is 1.72. The smallest absolute Gasteiger partial charge is 0.220 e. The Labute approximate surface area is 488 Å². The average Bonchev–Trinajstić information content (AvgIpc) is 3.46. The van der Waals surface area contributed by atoms with E-state index in [1.165, 1.54) is 231 Å². The maximum Gasteiger partial charge on any atom is 0.220 e. The maximum atomic E-state index is 13.3. The second kappa shape index (κ2) is 51.9. The van der Waals surface area contributed by atoms with Crippen molar-refractivity contribution < 1.29 is 64.6 Å². The molecule has 14 nitrogen and oxygen atoms in total. The molecule has 2 aliphatic heterocycles. The number of carbonyl (C=O) groups is 1. The summed E-state index contributed by atoms with van der Waals surface area (Å²) in [4.78, 5) is 13.3. The van der Waals surface area contributed by atoms with Crippen LogP contribution in [0.5, 0.6) is 0 Å². The first kappa shape index (κ1) is 74.6. The first-order valence-corrected chi connectivity index (χ1v) is 33.6. The fraction of sp³-hybridized carbons (Fsp3) is 0.924. The van der Waals surface area contributed by atoms with Crippen LogP contribution in [0.3, 0.4) is 0 Å². The van der Waals surface area contributed by atoms with E-state index in [0.717, 1.165) is 32.1 Å². The van der Waals surface area contributed by atoms with Crippen LogP contribution in [0.1, 0.15) is 296 Å². The van der Waals surface area contributed by atoms with Crippen LogP contribution in [0, 0.1) is 0 Å². The number of amides is 1. The van der Waals surface area contributed by atoms with Crippen LogP contribution in [0.2, 0.25) is 0 Å². The summed E-state index contributed by atoms with van der Waals surface area (Å²) < 4.78 is 22.8. The number of rotatable bonds is 55. The van der Waals surface area contributed by atoms with Crippen LogP contribution in [0.25, 0.3) is 0 Å². The van der Waals surface area contributed by atoms with Crippen molar-refractivity contribution in [3.8, 4) is 0 Å². The molecule has 12 unspecified atom stereocenters. The third kappa shape index (κ3) is 36.3. The molecule has 0 aliphatic carbocycles. The minimum atomic E-state index is -1.79. The van der Waals surface area contributed by atoms with Crippen molar-refractivity contribution in [3.05, 3.63) is 24.3 Å². The second-order valence-electron chi connectivity index (χ2n) is 24.0. The molecule has 2 fully saturated rings. The summed E-state index contributed by atoms with van der Waals surface area (Å²) in [6, 6.07) is -0.928. The zero-order valence-electron chi connectivity index (χ0n) is 51.1. The van der Waals surface area contributed by atoms with Gasteiger partial charge in [-0.1, -0.05) is 282 Å². The Morgan fingerprint density at radius 3 is 1.23 bits per heavy atom. The molecule has 0 spiro atoms. The van der Waals surface area contributed by atoms with Gasteiger partial charge < -0.3 is 65.1 Å². The van der Waals surface area contributed by atoms with Crippen LogP contribution in [-0.2, 0) is 23.7 Å². The van der Waals surface area contributed by atoms with Gasteiger partial charge in [0.25, 0.3) is 0 Å². The van der Waals surface area contributed by atoms with Gasteiger partial charge in [0.1, 0.15) is 48.8 Å². The van der Waals surface area contributed by atoms with E-state index in [9.17, 15) is 45.6 Å². The molecule has 2 rings (SSSR count). The lowest BCUT2D eigenvalue weighted by molar-refractivity contribution is -0.359. The standard InChI is InChI=1S/C66H125NO13/c1-3-5-7-9-11-13-15-17-19-21-23-24-25-26-27-28-29-30-32-33-35-37-39-41-43-45-47-49-55(70)54(67-58(71)50-48-46-44-42-40-38-36-34-31-22-20-18-16-14-12-10-8-6-4-2)53-77-65-63(76)61(74)64(57(52-69)79-65)80-66-62(75)60(73)59(72)56(51-68)78-66/h39,41,47,49,54-57,59-66,68-70,72-76H,3-38,40,42-46,48,50-53H2,1-2H3,(H,67,71)/b41-39+,49-47+. The molecule has 0 aromatic carbocycles. The van der Waals surface area contributed by atoms with E-state index >= 15 is 0 Å². The summed E-state index contributed by atoms with van der Waals surface area (Å²) in [7, 11) is 0. The van der Waals surface area contributed by atoms with Crippen LogP contribution in [0.4, 0.5) is 0 Å². The van der Waals surface area contributed by atoms with Crippen molar-refractivity contribution in [1.29, 1.82) is 0 Å². The largest absolute Gasteiger partial charge is 0.394 e. The third-order valence-electron chi connectivity index (χ3n) is 16.6. The molecule has 0 radical (unpaired) electrons. The summed E-state index contributed by atoms with van der Waals surface area (Å²) in [5, 5.41) is 87.3. The van der Waals surface area contributed by atoms with Gasteiger partial charge in [-0.2, -0.15) is 0 Å². The summed E-state index contributed by atoms with van der Waals surface area (Å²) in [6.07, 6.45) is 46.6. The first-order chi connectivity index (χ1) is 39.1. The third-order valence-corrected chi connectivity index (χ3v) is 16.6. The highest BCUT2D eigenvalue weighted by Crippen LogP contribution is 2.30. The molecule has 2 aliphatic rings. The number of ether oxygens (including phenoxy) is 4.